The lowest BCUT2D eigenvalue weighted by molar-refractivity contribution is 0.162. The second-order valence-corrected chi connectivity index (χ2v) is 5.10. The minimum absolute atomic E-state index is 0.198. The molecule has 2 aromatic rings. The summed E-state index contributed by atoms with van der Waals surface area (Å²) in [7, 11) is 0. The smallest absolute Gasteiger partial charge is 0.269 e. The molecule has 1 saturated carbocycles. The van der Waals surface area contributed by atoms with Gasteiger partial charge in [-0.1, -0.05) is 23.7 Å². The van der Waals surface area contributed by atoms with Crippen molar-refractivity contribution in [2.24, 2.45) is 0 Å². The fourth-order valence-electron chi connectivity index (χ4n) is 2.46. The van der Waals surface area contributed by atoms with E-state index in [1.54, 1.807) is 0 Å². The molecule has 98 valence electrons. The highest BCUT2D eigenvalue weighted by atomic mass is 16.5. The zero-order chi connectivity index (χ0) is 12.7. The van der Waals surface area contributed by atoms with Gasteiger partial charge in [-0.05, 0) is 25.0 Å². The lowest BCUT2D eigenvalue weighted by Crippen LogP contribution is -2.24. The fourth-order valence-corrected chi connectivity index (χ4v) is 2.46. The van der Waals surface area contributed by atoms with Crippen molar-refractivity contribution in [3.05, 3.63) is 36.0 Å². The molecule has 0 bridgehead atoms. The van der Waals surface area contributed by atoms with Crippen LogP contribution in [0.5, 0.6) is 5.75 Å². The highest BCUT2D eigenvalue weighted by molar-refractivity contribution is 5.57. The van der Waals surface area contributed by atoms with E-state index in [1.165, 1.54) is 19.3 Å². The van der Waals surface area contributed by atoms with Gasteiger partial charge in [0.15, 0.2) is 11.9 Å². The van der Waals surface area contributed by atoms with Crippen LogP contribution in [-0.2, 0) is 0 Å². The Bertz CT molecular complexity index is 592. The van der Waals surface area contributed by atoms with E-state index in [4.69, 9.17) is 9.26 Å². The third-order valence-corrected chi connectivity index (χ3v) is 3.84. The van der Waals surface area contributed by atoms with Gasteiger partial charge in [-0.25, -0.2) is 0 Å². The van der Waals surface area contributed by atoms with Gasteiger partial charge in [-0.3, -0.25) is 0 Å². The van der Waals surface area contributed by atoms with Crippen LogP contribution in [-0.4, -0.2) is 16.7 Å². The number of nitrogens with zero attached hydrogens (tertiary/aromatic N) is 2. The van der Waals surface area contributed by atoms with Crippen LogP contribution in [0.15, 0.2) is 28.8 Å². The molecule has 2 aliphatic rings. The van der Waals surface area contributed by atoms with E-state index in [9.17, 15) is 0 Å². The van der Waals surface area contributed by atoms with Crippen LogP contribution in [0.2, 0.25) is 0 Å². The zero-order valence-corrected chi connectivity index (χ0v) is 10.5. The van der Waals surface area contributed by atoms with Gasteiger partial charge >= 0.3 is 0 Å². The van der Waals surface area contributed by atoms with Crippen molar-refractivity contribution in [1.82, 2.24) is 10.1 Å². The highest BCUT2D eigenvalue weighted by Crippen LogP contribution is 2.36. The lowest BCUT2D eigenvalue weighted by Gasteiger charge is -2.24. The summed E-state index contributed by atoms with van der Waals surface area (Å²) in [5.41, 5.74) is 1.01. The first kappa shape index (κ1) is 10.8. The maximum Gasteiger partial charge on any atom is 0.269 e. The number of hydrogen-bond acceptors (Lipinski definition) is 5. The first-order valence-electron chi connectivity index (χ1n) is 6.73. The molecular formula is C14H15N3O2. The number of para-hydroxylation sites is 2. The minimum Gasteiger partial charge on any atom is -0.477 e. The van der Waals surface area contributed by atoms with Crippen LogP contribution in [0.4, 0.5) is 5.69 Å². The van der Waals surface area contributed by atoms with Crippen molar-refractivity contribution in [3.8, 4) is 5.75 Å². The van der Waals surface area contributed by atoms with Crippen LogP contribution in [0.1, 0.15) is 43.0 Å². The maximum absolute atomic E-state index is 5.90. The molecular weight excluding hydrogens is 242 g/mol. The summed E-state index contributed by atoms with van der Waals surface area (Å²) in [6.07, 6.45) is 3.41. The van der Waals surface area contributed by atoms with Gasteiger partial charge < -0.3 is 14.6 Å². The van der Waals surface area contributed by atoms with E-state index in [0.29, 0.717) is 18.4 Å². The number of nitrogens with one attached hydrogen (secondary N) is 1. The van der Waals surface area contributed by atoms with E-state index < -0.39 is 0 Å². The number of fused-ring (bicyclic) bond motifs is 1. The Morgan fingerprint density at radius 1 is 1.21 bits per heavy atom. The average Bonchev–Trinajstić information content (AvgIpc) is 2.85. The lowest BCUT2D eigenvalue weighted by atomic mass is 9.85. The number of rotatable bonds is 2. The summed E-state index contributed by atoms with van der Waals surface area (Å²) in [5.74, 6) is 2.73. The van der Waals surface area contributed by atoms with E-state index in [-0.39, 0.29) is 6.10 Å². The van der Waals surface area contributed by atoms with Crippen LogP contribution in [0.25, 0.3) is 0 Å². The monoisotopic (exact) mass is 257 g/mol. The number of hydrogen-bond donors (Lipinski definition) is 1. The van der Waals surface area contributed by atoms with Gasteiger partial charge in [-0.2, -0.15) is 4.98 Å². The predicted molar refractivity (Wildman–Crippen MR) is 69.2 cm³/mol. The SMILES string of the molecule is c1ccc2c(c1)NCC(c1nc(C3CCC3)no1)O2. The molecule has 1 aromatic heterocycles. The van der Waals surface area contributed by atoms with Crippen LogP contribution in [0, 0.1) is 0 Å². The van der Waals surface area contributed by atoms with Gasteiger partial charge in [0.2, 0.25) is 0 Å². The molecule has 0 amide bonds. The number of aromatic nitrogens is 2. The Kier molecular flexibility index (Phi) is 2.43. The quantitative estimate of drug-likeness (QED) is 0.896. The van der Waals surface area contributed by atoms with Crippen LogP contribution in [0.3, 0.4) is 0 Å². The normalized spacial score (nSPS) is 22.0. The van der Waals surface area contributed by atoms with Crippen LogP contribution >= 0.6 is 0 Å². The number of ether oxygens (including phenoxy) is 1. The molecule has 5 nitrogen and oxygen atoms in total. The second kappa shape index (κ2) is 4.26. The largest absolute Gasteiger partial charge is 0.477 e. The Hall–Kier alpha value is -2.04. The number of anilines is 1. The average molecular weight is 257 g/mol. The van der Waals surface area contributed by atoms with Crippen molar-refractivity contribution in [3.63, 3.8) is 0 Å². The zero-order valence-electron chi connectivity index (χ0n) is 10.5. The molecule has 1 aromatic carbocycles. The molecule has 1 aliphatic heterocycles. The Labute approximate surface area is 111 Å². The molecule has 5 heteroatoms. The highest BCUT2D eigenvalue weighted by Gasteiger charge is 2.29. The van der Waals surface area contributed by atoms with Gasteiger partial charge in [-0.15, -0.1) is 0 Å². The van der Waals surface area contributed by atoms with Crippen molar-refractivity contribution in [1.29, 1.82) is 0 Å². The third-order valence-electron chi connectivity index (χ3n) is 3.84. The Morgan fingerprint density at radius 3 is 2.95 bits per heavy atom. The fraction of sp³-hybridized carbons (Fsp3) is 0.429. The molecule has 1 fully saturated rings. The van der Waals surface area contributed by atoms with E-state index in [1.807, 2.05) is 24.3 Å². The van der Waals surface area contributed by atoms with Gasteiger partial charge in [0, 0.05) is 5.92 Å². The maximum atomic E-state index is 5.90. The standard InChI is InChI=1S/C14H15N3O2/c1-2-7-11-10(6-1)15-8-12(18-11)14-16-13(17-19-14)9-4-3-5-9/h1-2,6-7,9,12,15H,3-5,8H2. The molecule has 0 radical (unpaired) electrons. The minimum atomic E-state index is -0.198. The van der Waals surface area contributed by atoms with Gasteiger partial charge in [0.05, 0.1) is 12.2 Å². The summed E-state index contributed by atoms with van der Waals surface area (Å²) < 4.78 is 11.3. The Balaban J connectivity index is 1.55. The predicted octanol–water partition coefficient (Wildman–Crippen LogP) is 2.88. The van der Waals surface area contributed by atoms with Crippen molar-refractivity contribution < 1.29 is 9.26 Å². The van der Waals surface area contributed by atoms with Crippen molar-refractivity contribution >= 4 is 5.69 Å². The Morgan fingerprint density at radius 2 is 2.11 bits per heavy atom. The summed E-state index contributed by atoms with van der Waals surface area (Å²) in [4.78, 5) is 4.49. The third kappa shape index (κ3) is 1.85. The molecule has 1 N–H and O–H groups in total. The van der Waals surface area contributed by atoms with Gasteiger partial charge in [0.1, 0.15) is 5.75 Å². The van der Waals surface area contributed by atoms with Crippen LogP contribution < -0.4 is 10.1 Å². The molecule has 4 rings (SSSR count). The topological polar surface area (TPSA) is 60.2 Å². The summed E-state index contributed by atoms with van der Waals surface area (Å²) in [6.45, 7) is 0.656. The molecule has 19 heavy (non-hydrogen) atoms. The van der Waals surface area contributed by atoms with E-state index in [0.717, 1.165) is 17.3 Å². The van der Waals surface area contributed by atoms with Gasteiger partial charge in [0.25, 0.3) is 5.89 Å². The molecule has 1 atom stereocenters. The first-order valence-corrected chi connectivity index (χ1v) is 6.73. The first-order chi connectivity index (χ1) is 9.40. The van der Waals surface area contributed by atoms with E-state index in [2.05, 4.69) is 15.5 Å². The second-order valence-electron chi connectivity index (χ2n) is 5.10. The van der Waals surface area contributed by atoms with E-state index >= 15 is 0 Å². The molecule has 2 heterocycles. The van der Waals surface area contributed by atoms with Crippen molar-refractivity contribution in [2.75, 3.05) is 11.9 Å². The van der Waals surface area contributed by atoms with Crippen molar-refractivity contribution in [2.45, 2.75) is 31.3 Å². The summed E-state index contributed by atoms with van der Waals surface area (Å²) >= 11 is 0. The summed E-state index contributed by atoms with van der Waals surface area (Å²) in [6, 6.07) is 7.88. The molecule has 0 saturated heterocycles. The number of benzene rings is 1. The molecule has 0 spiro atoms. The molecule has 1 unspecified atom stereocenters. The molecule has 1 aliphatic carbocycles. The summed E-state index contributed by atoms with van der Waals surface area (Å²) in [5, 5.41) is 7.40.